The first-order valence-electron chi connectivity index (χ1n) is 8.33. The van der Waals surface area contributed by atoms with Gasteiger partial charge in [-0.1, -0.05) is 56.3 Å². The summed E-state index contributed by atoms with van der Waals surface area (Å²) >= 11 is 0. The van der Waals surface area contributed by atoms with Gasteiger partial charge in [0.2, 0.25) is 0 Å². The Labute approximate surface area is 145 Å². The molecule has 0 fully saturated rings. The Morgan fingerprint density at radius 3 is 2.29 bits per heavy atom. The van der Waals surface area contributed by atoms with E-state index in [1.54, 1.807) is 4.90 Å². The lowest BCUT2D eigenvalue weighted by molar-refractivity contribution is 0.217. The molecule has 0 aliphatic heterocycles. The SMILES string of the molecule is CC(C)CN(C)C(=O)Nc1ccccc1N(C)Cc1ccccc1. The first-order chi connectivity index (χ1) is 11.5. The Kier molecular flexibility index (Phi) is 6.24. The third-order valence-electron chi connectivity index (χ3n) is 3.81. The van der Waals surface area contributed by atoms with E-state index in [-0.39, 0.29) is 6.03 Å². The van der Waals surface area contributed by atoms with E-state index in [0.29, 0.717) is 5.92 Å². The van der Waals surface area contributed by atoms with Crippen LogP contribution in [-0.4, -0.2) is 31.6 Å². The Balaban J connectivity index is 2.10. The number of rotatable bonds is 6. The van der Waals surface area contributed by atoms with Gasteiger partial charge in [0.25, 0.3) is 0 Å². The minimum Gasteiger partial charge on any atom is -0.369 e. The number of carbonyl (C=O) groups excluding carboxylic acids is 1. The van der Waals surface area contributed by atoms with Crippen LogP contribution < -0.4 is 10.2 Å². The minimum absolute atomic E-state index is 0.0794. The van der Waals surface area contributed by atoms with Gasteiger partial charge in [-0.25, -0.2) is 4.79 Å². The molecule has 128 valence electrons. The molecule has 24 heavy (non-hydrogen) atoms. The van der Waals surface area contributed by atoms with Crippen LogP contribution >= 0.6 is 0 Å². The van der Waals surface area contributed by atoms with Crippen LogP contribution in [0.2, 0.25) is 0 Å². The van der Waals surface area contributed by atoms with Crippen molar-refractivity contribution in [2.24, 2.45) is 5.92 Å². The van der Waals surface area contributed by atoms with Gasteiger partial charge < -0.3 is 15.1 Å². The van der Waals surface area contributed by atoms with Gasteiger partial charge >= 0.3 is 6.03 Å². The Bertz CT molecular complexity index is 655. The molecule has 0 aromatic heterocycles. The van der Waals surface area contributed by atoms with Gasteiger partial charge in [-0.15, -0.1) is 0 Å². The second kappa shape index (κ2) is 8.39. The van der Waals surface area contributed by atoms with Crippen LogP contribution in [0.5, 0.6) is 0 Å². The number of hydrogen-bond donors (Lipinski definition) is 1. The highest BCUT2D eigenvalue weighted by atomic mass is 16.2. The molecule has 0 aliphatic rings. The van der Waals surface area contributed by atoms with E-state index in [9.17, 15) is 4.79 Å². The van der Waals surface area contributed by atoms with Crippen LogP contribution in [0.3, 0.4) is 0 Å². The normalized spacial score (nSPS) is 10.5. The van der Waals surface area contributed by atoms with Crippen LogP contribution in [0.4, 0.5) is 16.2 Å². The zero-order valence-corrected chi connectivity index (χ0v) is 15.0. The number of nitrogens with one attached hydrogen (secondary N) is 1. The molecule has 0 aliphatic carbocycles. The van der Waals surface area contributed by atoms with Crippen molar-refractivity contribution in [1.82, 2.24) is 4.90 Å². The fraction of sp³-hybridized carbons (Fsp3) is 0.350. The standard InChI is InChI=1S/C20H27N3O/c1-16(2)14-23(4)20(24)21-18-12-8-9-13-19(18)22(3)15-17-10-6-5-7-11-17/h5-13,16H,14-15H2,1-4H3,(H,21,24). The average Bonchev–Trinajstić information content (AvgIpc) is 2.55. The highest BCUT2D eigenvalue weighted by Gasteiger charge is 2.14. The highest BCUT2D eigenvalue weighted by Crippen LogP contribution is 2.26. The quantitative estimate of drug-likeness (QED) is 0.852. The molecule has 0 heterocycles. The fourth-order valence-electron chi connectivity index (χ4n) is 2.70. The summed E-state index contributed by atoms with van der Waals surface area (Å²) < 4.78 is 0. The summed E-state index contributed by atoms with van der Waals surface area (Å²) in [6, 6.07) is 18.1. The van der Waals surface area contributed by atoms with Crippen molar-refractivity contribution in [3.8, 4) is 0 Å². The number of nitrogens with zero attached hydrogens (tertiary/aromatic N) is 2. The molecule has 0 radical (unpaired) electrons. The Hall–Kier alpha value is -2.49. The number of urea groups is 1. The lowest BCUT2D eigenvalue weighted by Crippen LogP contribution is -2.34. The van der Waals surface area contributed by atoms with Gasteiger partial charge in [-0.2, -0.15) is 0 Å². The zero-order chi connectivity index (χ0) is 17.5. The molecule has 4 heteroatoms. The molecule has 0 saturated carbocycles. The second-order valence-corrected chi connectivity index (χ2v) is 6.56. The first kappa shape index (κ1) is 17.9. The maximum Gasteiger partial charge on any atom is 0.321 e. The molecule has 2 aromatic rings. The maximum atomic E-state index is 12.4. The molecule has 2 rings (SSSR count). The first-order valence-corrected chi connectivity index (χ1v) is 8.33. The van der Waals surface area contributed by atoms with Crippen LogP contribution in [0.25, 0.3) is 0 Å². The summed E-state index contributed by atoms with van der Waals surface area (Å²) in [5, 5.41) is 3.03. The smallest absolute Gasteiger partial charge is 0.321 e. The van der Waals surface area contributed by atoms with Gasteiger partial charge in [0.05, 0.1) is 11.4 Å². The van der Waals surface area contributed by atoms with E-state index in [1.807, 2.05) is 56.6 Å². The lowest BCUT2D eigenvalue weighted by Gasteiger charge is -2.25. The Morgan fingerprint density at radius 1 is 1.00 bits per heavy atom. The van der Waals surface area contributed by atoms with Gasteiger partial charge in [-0.3, -0.25) is 0 Å². The fourth-order valence-corrected chi connectivity index (χ4v) is 2.70. The van der Waals surface area contributed by atoms with Gasteiger partial charge in [0, 0.05) is 27.2 Å². The van der Waals surface area contributed by atoms with E-state index in [2.05, 4.69) is 36.2 Å². The summed E-state index contributed by atoms with van der Waals surface area (Å²) in [5.74, 6) is 0.441. The summed E-state index contributed by atoms with van der Waals surface area (Å²) in [6.45, 7) is 5.72. The molecule has 1 N–H and O–H groups in total. The van der Waals surface area contributed by atoms with Gasteiger partial charge in [0.1, 0.15) is 0 Å². The molecule has 0 spiro atoms. The average molecular weight is 325 g/mol. The molecule has 0 bridgehead atoms. The third-order valence-corrected chi connectivity index (χ3v) is 3.81. The molecular weight excluding hydrogens is 298 g/mol. The Morgan fingerprint density at radius 2 is 1.62 bits per heavy atom. The van der Waals surface area contributed by atoms with Crippen molar-refractivity contribution in [3.63, 3.8) is 0 Å². The zero-order valence-electron chi connectivity index (χ0n) is 15.0. The van der Waals surface area contributed by atoms with Crippen molar-refractivity contribution >= 4 is 17.4 Å². The number of anilines is 2. The van der Waals surface area contributed by atoms with Crippen molar-refractivity contribution in [3.05, 3.63) is 60.2 Å². The molecule has 0 atom stereocenters. The molecule has 4 nitrogen and oxygen atoms in total. The summed E-state index contributed by atoms with van der Waals surface area (Å²) in [4.78, 5) is 16.2. The van der Waals surface area contributed by atoms with Crippen molar-refractivity contribution in [1.29, 1.82) is 0 Å². The van der Waals surface area contributed by atoms with E-state index in [1.165, 1.54) is 5.56 Å². The second-order valence-electron chi connectivity index (χ2n) is 6.56. The molecule has 0 unspecified atom stereocenters. The van der Waals surface area contributed by atoms with Crippen LogP contribution in [0.15, 0.2) is 54.6 Å². The summed E-state index contributed by atoms with van der Waals surface area (Å²) in [6.07, 6.45) is 0. The molecular formula is C20H27N3O. The van der Waals surface area contributed by atoms with Crippen molar-refractivity contribution in [2.75, 3.05) is 30.9 Å². The van der Waals surface area contributed by atoms with Crippen molar-refractivity contribution in [2.45, 2.75) is 20.4 Å². The number of hydrogen-bond acceptors (Lipinski definition) is 2. The summed E-state index contributed by atoms with van der Waals surface area (Å²) in [7, 11) is 3.86. The predicted octanol–water partition coefficient (Wildman–Crippen LogP) is 4.44. The van der Waals surface area contributed by atoms with Crippen molar-refractivity contribution < 1.29 is 4.79 Å². The number of para-hydroxylation sites is 2. The molecule has 0 saturated heterocycles. The van der Waals surface area contributed by atoms with Gasteiger partial charge in [-0.05, 0) is 23.6 Å². The van der Waals surface area contributed by atoms with Crippen LogP contribution in [0.1, 0.15) is 19.4 Å². The maximum absolute atomic E-state index is 12.4. The molecule has 2 amide bonds. The summed E-state index contributed by atoms with van der Waals surface area (Å²) in [5.41, 5.74) is 3.07. The predicted molar refractivity (Wildman–Crippen MR) is 101 cm³/mol. The van der Waals surface area contributed by atoms with E-state index in [0.717, 1.165) is 24.5 Å². The number of benzene rings is 2. The number of carbonyl (C=O) groups is 1. The van der Waals surface area contributed by atoms with E-state index in [4.69, 9.17) is 0 Å². The molecule has 2 aromatic carbocycles. The lowest BCUT2D eigenvalue weighted by atomic mass is 10.2. The number of amides is 2. The monoisotopic (exact) mass is 325 g/mol. The minimum atomic E-state index is -0.0794. The largest absolute Gasteiger partial charge is 0.369 e. The van der Waals surface area contributed by atoms with Crippen LogP contribution in [0, 0.1) is 5.92 Å². The van der Waals surface area contributed by atoms with E-state index >= 15 is 0 Å². The topological polar surface area (TPSA) is 35.6 Å². The third kappa shape index (κ3) is 5.01. The van der Waals surface area contributed by atoms with Gasteiger partial charge in [0.15, 0.2) is 0 Å². The highest BCUT2D eigenvalue weighted by molar-refractivity contribution is 5.93. The van der Waals surface area contributed by atoms with E-state index < -0.39 is 0 Å². The van der Waals surface area contributed by atoms with Crippen LogP contribution in [-0.2, 0) is 6.54 Å².